The lowest BCUT2D eigenvalue weighted by Gasteiger charge is -2.37. The first-order valence-electron chi connectivity index (χ1n) is 12.3. The van der Waals surface area contributed by atoms with Gasteiger partial charge in [-0.25, -0.2) is 4.79 Å². The van der Waals surface area contributed by atoms with Crippen molar-refractivity contribution in [1.82, 2.24) is 14.4 Å². The maximum Gasteiger partial charge on any atom is 0.420 e. The van der Waals surface area contributed by atoms with Gasteiger partial charge in [0, 0.05) is 44.8 Å². The van der Waals surface area contributed by atoms with E-state index in [9.17, 15) is 4.79 Å². The quantitative estimate of drug-likeness (QED) is 0.360. The summed E-state index contributed by atoms with van der Waals surface area (Å²) in [4.78, 5) is 17.6. The van der Waals surface area contributed by atoms with E-state index in [-0.39, 0.29) is 11.8 Å². The molecule has 3 aromatic carbocycles. The lowest BCUT2D eigenvalue weighted by molar-refractivity contribution is 0.110. The average molecular weight is 456 g/mol. The third-order valence-electron chi connectivity index (χ3n) is 7.04. The highest BCUT2D eigenvalue weighted by molar-refractivity contribution is 5.72. The molecular weight excluding hydrogens is 422 g/mol. The topological polar surface area (TPSA) is 41.6 Å². The standard InChI is InChI=1S/C29H33N3O2/c1-23(31(21-24-10-4-2-5-11-24)22-25-12-6-3-7-13-25)20-30-18-16-26(17-19-30)32-27-14-8-9-15-28(27)34-29(32)33/h2-15,23,26H,16-22H2,1H3/t23-/m0/s1. The molecule has 176 valence electrons. The molecule has 1 aliphatic heterocycles. The van der Waals surface area contributed by atoms with Gasteiger partial charge >= 0.3 is 5.76 Å². The van der Waals surface area contributed by atoms with E-state index in [0.717, 1.165) is 51.1 Å². The van der Waals surface area contributed by atoms with Gasteiger partial charge in [-0.05, 0) is 43.0 Å². The number of benzene rings is 3. The molecular formula is C29H33N3O2. The maximum atomic E-state index is 12.5. The van der Waals surface area contributed by atoms with E-state index >= 15 is 0 Å². The third kappa shape index (κ3) is 5.16. The summed E-state index contributed by atoms with van der Waals surface area (Å²) < 4.78 is 7.34. The summed E-state index contributed by atoms with van der Waals surface area (Å²) in [7, 11) is 0. The van der Waals surface area contributed by atoms with Gasteiger partial charge in [-0.1, -0.05) is 72.8 Å². The molecule has 0 unspecified atom stereocenters. The average Bonchev–Trinajstić information content (AvgIpc) is 3.21. The van der Waals surface area contributed by atoms with E-state index in [2.05, 4.69) is 77.4 Å². The second-order valence-corrected chi connectivity index (χ2v) is 9.46. The summed E-state index contributed by atoms with van der Waals surface area (Å²) in [6.07, 6.45) is 1.93. The van der Waals surface area contributed by atoms with Gasteiger partial charge in [0.1, 0.15) is 0 Å². The molecule has 1 saturated heterocycles. The first-order chi connectivity index (χ1) is 16.7. The minimum atomic E-state index is -0.232. The molecule has 34 heavy (non-hydrogen) atoms. The summed E-state index contributed by atoms with van der Waals surface area (Å²) in [6, 6.07) is 29.8. The fourth-order valence-corrected chi connectivity index (χ4v) is 5.18. The molecule has 0 N–H and O–H groups in total. The fourth-order valence-electron chi connectivity index (χ4n) is 5.18. The number of fused-ring (bicyclic) bond motifs is 1. The molecule has 0 saturated carbocycles. The zero-order chi connectivity index (χ0) is 23.3. The van der Waals surface area contributed by atoms with Crippen molar-refractivity contribution >= 4 is 11.1 Å². The van der Waals surface area contributed by atoms with E-state index in [4.69, 9.17) is 4.42 Å². The first-order valence-corrected chi connectivity index (χ1v) is 12.3. The molecule has 0 amide bonds. The number of rotatable bonds is 8. The fraction of sp³-hybridized carbons (Fsp3) is 0.345. The molecule has 5 heteroatoms. The molecule has 1 fully saturated rings. The Morgan fingerprint density at radius 2 is 1.41 bits per heavy atom. The normalized spacial score (nSPS) is 16.3. The largest absolute Gasteiger partial charge is 0.420 e. The Kier molecular flexibility index (Phi) is 6.93. The van der Waals surface area contributed by atoms with Gasteiger partial charge in [-0.2, -0.15) is 0 Å². The second-order valence-electron chi connectivity index (χ2n) is 9.46. The van der Waals surface area contributed by atoms with E-state index in [0.29, 0.717) is 11.6 Å². The van der Waals surface area contributed by atoms with Crippen molar-refractivity contribution in [3.05, 3.63) is 107 Å². The third-order valence-corrected chi connectivity index (χ3v) is 7.04. The van der Waals surface area contributed by atoms with Crippen molar-refractivity contribution in [3.8, 4) is 0 Å². The maximum absolute atomic E-state index is 12.5. The van der Waals surface area contributed by atoms with Crippen LogP contribution in [0, 0.1) is 0 Å². The lowest BCUT2D eigenvalue weighted by atomic mass is 10.0. The summed E-state index contributed by atoms with van der Waals surface area (Å²) in [5.74, 6) is -0.232. The Hall–Kier alpha value is -3.15. The molecule has 0 radical (unpaired) electrons. The number of hydrogen-bond donors (Lipinski definition) is 0. The van der Waals surface area contributed by atoms with Crippen LogP contribution in [0.5, 0.6) is 0 Å². The van der Waals surface area contributed by atoms with Gasteiger partial charge in [0.05, 0.1) is 5.52 Å². The van der Waals surface area contributed by atoms with Crippen LogP contribution < -0.4 is 5.76 Å². The Morgan fingerprint density at radius 3 is 2.03 bits per heavy atom. The van der Waals surface area contributed by atoms with Crippen molar-refractivity contribution in [1.29, 1.82) is 0 Å². The zero-order valence-corrected chi connectivity index (χ0v) is 19.8. The summed E-state index contributed by atoms with van der Waals surface area (Å²) >= 11 is 0. The molecule has 2 heterocycles. The van der Waals surface area contributed by atoms with Gasteiger partial charge in [-0.3, -0.25) is 9.47 Å². The van der Waals surface area contributed by atoms with Crippen molar-refractivity contribution < 1.29 is 4.42 Å². The van der Waals surface area contributed by atoms with Crippen LogP contribution in [0.25, 0.3) is 11.1 Å². The summed E-state index contributed by atoms with van der Waals surface area (Å²) in [5.41, 5.74) is 4.28. The summed E-state index contributed by atoms with van der Waals surface area (Å²) in [6.45, 7) is 7.21. The van der Waals surface area contributed by atoms with Crippen molar-refractivity contribution in [2.45, 2.75) is 44.9 Å². The van der Waals surface area contributed by atoms with Crippen LogP contribution in [0.2, 0.25) is 0 Å². The van der Waals surface area contributed by atoms with Crippen molar-refractivity contribution in [2.24, 2.45) is 0 Å². The van der Waals surface area contributed by atoms with Crippen LogP contribution in [0.15, 0.2) is 94.1 Å². The van der Waals surface area contributed by atoms with Crippen LogP contribution >= 0.6 is 0 Å². The lowest BCUT2D eigenvalue weighted by Crippen LogP contribution is -2.45. The Labute approximate surface area is 201 Å². The van der Waals surface area contributed by atoms with Crippen LogP contribution in [-0.4, -0.2) is 40.0 Å². The van der Waals surface area contributed by atoms with E-state index in [1.54, 1.807) is 0 Å². The molecule has 1 aromatic heterocycles. The number of likely N-dealkylation sites (tertiary alicyclic amines) is 1. The summed E-state index contributed by atoms with van der Waals surface area (Å²) in [5, 5.41) is 0. The predicted molar refractivity (Wildman–Crippen MR) is 137 cm³/mol. The van der Waals surface area contributed by atoms with Gasteiger partial charge in [-0.15, -0.1) is 0 Å². The number of piperidine rings is 1. The highest BCUT2D eigenvalue weighted by Gasteiger charge is 2.26. The van der Waals surface area contributed by atoms with E-state index in [1.807, 2.05) is 28.8 Å². The molecule has 0 bridgehead atoms. The highest BCUT2D eigenvalue weighted by Crippen LogP contribution is 2.26. The molecule has 1 atom stereocenters. The smallest absolute Gasteiger partial charge is 0.408 e. The Balaban J connectivity index is 1.24. The molecule has 0 aliphatic carbocycles. The number of aromatic nitrogens is 1. The Bertz CT molecular complexity index is 1200. The van der Waals surface area contributed by atoms with Gasteiger partial charge in [0.25, 0.3) is 0 Å². The first kappa shape index (κ1) is 22.6. The number of nitrogens with zero attached hydrogens (tertiary/aromatic N) is 3. The molecule has 5 rings (SSSR count). The van der Waals surface area contributed by atoms with E-state index < -0.39 is 0 Å². The number of oxazole rings is 1. The molecule has 4 aromatic rings. The second kappa shape index (κ2) is 10.4. The highest BCUT2D eigenvalue weighted by atomic mass is 16.4. The monoisotopic (exact) mass is 455 g/mol. The van der Waals surface area contributed by atoms with Crippen molar-refractivity contribution in [3.63, 3.8) is 0 Å². The van der Waals surface area contributed by atoms with Crippen molar-refractivity contribution in [2.75, 3.05) is 19.6 Å². The van der Waals surface area contributed by atoms with Crippen LogP contribution in [0.1, 0.15) is 36.9 Å². The van der Waals surface area contributed by atoms with Gasteiger partial charge < -0.3 is 9.32 Å². The molecule has 5 nitrogen and oxygen atoms in total. The molecule has 0 spiro atoms. The van der Waals surface area contributed by atoms with Gasteiger partial charge in [0.15, 0.2) is 5.58 Å². The van der Waals surface area contributed by atoms with Crippen LogP contribution in [0.4, 0.5) is 0 Å². The number of hydrogen-bond acceptors (Lipinski definition) is 4. The minimum Gasteiger partial charge on any atom is -0.408 e. The van der Waals surface area contributed by atoms with Crippen LogP contribution in [-0.2, 0) is 13.1 Å². The Morgan fingerprint density at radius 1 is 0.853 bits per heavy atom. The SMILES string of the molecule is C[C@@H](CN1CCC(n2c(=O)oc3ccccc32)CC1)N(Cc1ccccc1)Cc1ccccc1. The van der Waals surface area contributed by atoms with Gasteiger partial charge in [0.2, 0.25) is 0 Å². The minimum absolute atomic E-state index is 0.201. The van der Waals surface area contributed by atoms with E-state index in [1.165, 1.54) is 11.1 Å². The van der Waals surface area contributed by atoms with Crippen LogP contribution in [0.3, 0.4) is 0 Å². The predicted octanol–water partition coefficient (Wildman–Crippen LogP) is 5.32. The zero-order valence-electron chi connectivity index (χ0n) is 19.8. The number of para-hydroxylation sites is 2. The molecule has 1 aliphatic rings.